The number of pyridine rings is 1. The number of aliphatic hydroxyl groups excluding tert-OH is 1. The highest BCUT2D eigenvalue weighted by atomic mass is 35.5. The average Bonchev–Trinajstić information content (AvgIpc) is 3.30. The Kier molecular flexibility index (Phi) is 7.02. The normalized spacial score (nSPS) is 14.8. The molecule has 1 N–H and O–H groups in total. The lowest BCUT2D eigenvalue weighted by Crippen LogP contribution is -2.49. The summed E-state index contributed by atoms with van der Waals surface area (Å²) in [4.78, 5) is 30.7. The molecule has 0 bridgehead atoms. The monoisotopic (exact) mass is 506 g/mol. The number of piperazine rings is 1. The van der Waals surface area contributed by atoms with Crippen molar-refractivity contribution in [2.24, 2.45) is 0 Å². The van der Waals surface area contributed by atoms with Crippen LogP contribution in [0.1, 0.15) is 23.7 Å². The number of carbonyl (C=O) groups is 1. The van der Waals surface area contributed by atoms with Gasteiger partial charge < -0.3 is 19.6 Å². The highest BCUT2D eigenvalue weighted by molar-refractivity contribution is 6.31. The third-order valence-electron chi connectivity index (χ3n) is 6.29. The number of benzene rings is 1. The molecular weight excluding hydrogens is 480 g/mol. The van der Waals surface area contributed by atoms with Crippen molar-refractivity contribution < 1.29 is 14.6 Å². The first-order chi connectivity index (χ1) is 17.5. The zero-order chi connectivity index (χ0) is 25.1. The van der Waals surface area contributed by atoms with Crippen LogP contribution in [0.25, 0.3) is 16.9 Å². The van der Waals surface area contributed by atoms with Gasteiger partial charge in [0.25, 0.3) is 5.91 Å². The summed E-state index contributed by atoms with van der Waals surface area (Å²) in [6.07, 6.45) is 6.95. The van der Waals surface area contributed by atoms with Gasteiger partial charge in [0.1, 0.15) is 18.2 Å². The summed E-state index contributed by atoms with van der Waals surface area (Å²) in [6, 6.07) is 11.0. The molecule has 1 fully saturated rings. The van der Waals surface area contributed by atoms with Gasteiger partial charge in [0.2, 0.25) is 5.95 Å². The molecule has 0 spiro atoms. The molecule has 4 heterocycles. The number of anilines is 1. The van der Waals surface area contributed by atoms with Crippen LogP contribution in [0, 0.1) is 0 Å². The number of amides is 1. The average molecular weight is 507 g/mol. The van der Waals surface area contributed by atoms with Crippen LogP contribution in [0.5, 0.6) is 5.75 Å². The fraction of sp³-hybridized carbons (Fsp3) is 0.308. The number of fused-ring (bicyclic) bond motifs is 1. The smallest absolute Gasteiger partial charge is 0.256 e. The molecule has 1 atom stereocenters. The molecule has 0 saturated carbocycles. The Bertz CT molecular complexity index is 1340. The molecule has 1 aromatic carbocycles. The van der Waals surface area contributed by atoms with Gasteiger partial charge in [-0.05, 0) is 36.8 Å². The maximum absolute atomic E-state index is 13.6. The van der Waals surface area contributed by atoms with Gasteiger partial charge in [-0.15, -0.1) is 0 Å². The number of hydrogen-bond acceptors (Lipinski definition) is 7. The van der Waals surface area contributed by atoms with Crippen molar-refractivity contribution >= 4 is 34.2 Å². The van der Waals surface area contributed by atoms with Crippen LogP contribution in [-0.2, 0) is 0 Å². The van der Waals surface area contributed by atoms with Gasteiger partial charge in [0.15, 0.2) is 0 Å². The maximum atomic E-state index is 13.6. The van der Waals surface area contributed by atoms with Gasteiger partial charge in [-0.1, -0.05) is 24.6 Å². The Morgan fingerprint density at radius 2 is 1.89 bits per heavy atom. The third-order valence-corrected chi connectivity index (χ3v) is 6.53. The van der Waals surface area contributed by atoms with Crippen molar-refractivity contribution in [3.63, 3.8) is 0 Å². The van der Waals surface area contributed by atoms with E-state index < -0.39 is 6.10 Å². The summed E-state index contributed by atoms with van der Waals surface area (Å²) in [7, 11) is 0. The van der Waals surface area contributed by atoms with Gasteiger partial charge in [-0.3, -0.25) is 9.36 Å². The molecule has 3 aromatic heterocycles. The number of nitrogens with zero attached hydrogens (tertiary/aromatic N) is 6. The lowest BCUT2D eigenvalue weighted by atomic mass is 10.1. The molecule has 4 aromatic rings. The molecule has 1 unspecified atom stereocenters. The molecule has 0 aliphatic carbocycles. The Hall–Kier alpha value is -3.69. The first-order valence-electron chi connectivity index (χ1n) is 11.9. The molecule has 36 heavy (non-hydrogen) atoms. The van der Waals surface area contributed by atoms with Crippen LogP contribution in [0.2, 0.25) is 5.02 Å². The van der Waals surface area contributed by atoms with Gasteiger partial charge in [0, 0.05) is 55.2 Å². The first-order valence-corrected chi connectivity index (χ1v) is 12.3. The van der Waals surface area contributed by atoms with Crippen molar-refractivity contribution in [1.82, 2.24) is 24.4 Å². The van der Waals surface area contributed by atoms with Gasteiger partial charge in [-0.2, -0.15) is 0 Å². The van der Waals surface area contributed by atoms with Crippen LogP contribution < -0.4 is 9.64 Å². The molecule has 9 nitrogen and oxygen atoms in total. The van der Waals surface area contributed by atoms with E-state index in [9.17, 15) is 9.90 Å². The van der Waals surface area contributed by atoms with Crippen molar-refractivity contribution in [2.75, 3.05) is 37.7 Å². The fourth-order valence-corrected chi connectivity index (χ4v) is 4.38. The second kappa shape index (κ2) is 10.5. The Morgan fingerprint density at radius 3 is 2.58 bits per heavy atom. The van der Waals surface area contributed by atoms with E-state index in [1.807, 2.05) is 36.1 Å². The number of hydrogen-bond donors (Lipinski definition) is 1. The van der Waals surface area contributed by atoms with E-state index in [1.165, 1.54) is 0 Å². The Balaban J connectivity index is 1.29. The minimum Gasteiger partial charge on any atom is -0.489 e. The minimum atomic E-state index is -0.485. The third kappa shape index (κ3) is 4.98. The largest absolute Gasteiger partial charge is 0.489 e. The lowest BCUT2D eigenvalue weighted by molar-refractivity contribution is 0.0748. The van der Waals surface area contributed by atoms with E-state index in [2.05, 4.69) is 19.9 Å². The van der Waals surface area contributed by atoms with Crippen molar-refractivity contribution in [2.45, 2.75) is 19.4 Å². The van der Waals surface area contributed by atoms with E-state index in [0.717, 1.165) is 16.7 Å². The number of rotatable bonds is 7. The van der Waals surface area contributed by atoms with Gasteiger partial charge >= 0.3 is 0 Å². The number of aliphatic hydroxyl groups is 1. The standard InChI is InChI=1S/C26H27ClN6O3/c1-2-19(34)17-36-20-5-7-24(30-15-20)31-10-12-32(13-11-31)25(35)22-16-33(26-28-8-3-9-29-26)23-14-18(27)4-6-21(22)23/h3-9,14-16,19,34H,2,10-13,17H2,1H3. The highest BCUT2D eigenvalue weighted by Gasteiger charge is 2.26. The molecule has 186 valence electrons. The fourth-order valence-electron chi connectivity index (χ4n) is 4.22. The zero-order valence-electron chi connectivity index (χ0n) is 19.9. The van der Waals surface area contributed by atoms with E-state index in [1.54, 1.807) is 41.5 Å². The van der Waals surface area contributed by atoms with E-state index in [0.29, 0.717) is 54.9 Å². The van der Waals surface area contributed by atoms with E-state index in [-0.39, 0.29) is 12.5 Å². The topological polar surface area (TPSA) is 96.6 Å². The van der Waals surface area contributed by atoms with Gasteiger partial charge in [-0.25, -0.2) is 15.0 Å². The van der Waals surface area contributed by atoms with Crippen molar-refractivity contribution in [3.05, 3.63) is 71.8 Å². The number of aromatic nitrogens is 4. The Morgan fingerprint density at radius 1 is 1.11 bits per heavy atom. The predicted molar refractivity (Wildman–Crippen MR) is 138 cm³/mol. The van der Waals surface area contributed by atoms with Crippen molar-refractivity contribution in [1.29, 1.82) is 0 Å². The number of ether oxygens (including phenoxy) is 1. The van der Waals surface area contributed by atoms with Crippen LogP contribution in [0.15, 0.2) is 61.2 Å². The predicted octanol–water partition coefficient (Wildman–Crippen LogP) is 3.58. The first kappa shape index (κ1) is 24.0. The molecule has 10 heteroatoms. The molecule has 0 radical (unpaired) electrons. The molecule has 5 rings (SSSR count). The summed E-state index contributed by atoms with van der Waals surface area (Å²) in [5, 5.41) is 11.0. The highest BCUT2D eigenvalue weighted by Crippen LogP contribution is 2.28. The minimum absolute atomic E-state index is 0.0390. The molecule has 1 aliphatic heterocycles. The van der Waals surface area contributed by atoms with Crippen LogP contribution in [-0.4, -0.2) is 74.3 Å². The second-order valence-corrected chi connectivity index (χ2v) is 9.06. The molecular formula is C26H27ClN6O3. The maximum Gasteiger partial charge on any atom is 0.256 e. The van der Waals surface area contributed by atoms with Crippen LogP contribution in [0.3, 0.4) is 0 Å². The summed E-state index contributed by atoms with van der Waals surface area (Å²) in [6.45, 7) is 4.63. The van der Waals surface area contributed by atoms with Crippen LogP contribution >= 0.6 is 11.6 Å². The quantitative estimate of drug-likeness (QED) is 0.409. The summed E-state index contributed by atoms with van der Waals surface area (Å²) < 4.78 is 7.38. The van der Waals surface area contributed by atoms with Gasteiger partial charge in [0.05, 0.1) is 23.4 Å². The summed E-state index contributed by atoms with van der Waals surface area (Å²) in [5.74, 6) is 1.90. The summed E-state index contributed by atoms with van der Waals surface area (Å²) in [5.41, 5.74) is 1.38. The molecule has 1 saturated heterocycles. The molecule has 1 aliphatic rings. The summed E-state index contributed by atoms with van der Waals surface area (Å²) >= 11 is 6.26. The molecule has 1 amide bonds. The van der Waals surface area contributed by atoms with Crippen LogP contribution in [0.4, 0.5) is 5.82 Å². The van der Waals surface area contributed by atoms with Crippen molar-refractivity contribution in [3.8, 4) is 11.7 Å². The van der Waals surface area contributed by atoms with E-state index in [4.69, 9.17) is 16.3 Å². The number of halogens is 1. The Labute approximate surface area is 213 Å². The number of carbonyl (C=O) groups excluding carboxylic acids is 1. The SMILES string of the molecule is CCC(O)COc1ccc(N2CCN(C(=O)c3cn(-c4ncccn4)c4cc(Cl)ccc34)CC2)nc1. The lowest BCUT2D eigenvalue weighted by Gasteiger charge is -2.35. The van der Waals surface area contributed by atoms with E-state index >= 15 is 0 Å². The second-order valence-electron chi connectivity index (χ2n) is 8.63. The zero-order valence-corrected chi connectivity index (χ0v) is 20.7.